The van der Waals surface area contributed by atoms with Crippen LogP contribution in [0.25, 0.3) is 0 Å². The molecule has 0 bridgehead atoms. The van der Waals surface area contributed by atoms with E-state index in [1.165, 1.54) is 0 Å². The van der Waals surface area contributed by atoms with Crippen LogP contribution < -0.4 is 0 Å². The molecule has 0 N–H and O–H groups in total. The first-order valence-corrected chi connectivity index (χ1v) is 27.3. The molecular weight excluding hydrogens is 933 g/mol. The van der Waals surface area contributed by atoms with Crippen LogP contribution in [-0.2, 0) is 57.3 Å². The molecule has 4 aliphatic heterocycles. The fraction of sp³-hybridized carbons (Fsp3) is 0.789. The molecule has 73 heavy (non-hydrogen) atoms. The first-order chi connectivity index (χ1) is 34.1. The number of unbranched alkanes of at least 4 members (excludes halogenated alkanes) is 12. The third kappa shape index (κ3) is 34.4. The van der Waals surface area contributed by atoms with Crippen molar-refractivity contribution < 1.29 is 57.3 Å². The third-order valence-corrected chi connectivity index (χ3v) is 13.2. The van der Waals surface area contributed by atoms with Crippen molar-refractivity contribution in [3.63, 3.8) is 0 Å². The topological polar surface area (TPSA) is 186 Å². The van der Waals surface area contributed by atoms with Gasteiger partial charge < -0.3 is 38.5 Å². The number of rotatable bonds is 32. The van der Waals surface area contributed by atoms with Crippen molar-refractivity contribution in [3.8, 4) is 0 Å². The summed E-state index contributed by atoms with van der Waals surface area (Å²) in [5.74, 6) is -1.05. The Labute approximate surface area is 441 Å². The maximum Gasteiger partial charge on any atom is 0.331 e. The van der Waals surface area contributed by atoms with Gasteiger partial charge in [-0.05, 0) is 122 Å². The predicted octanol–water partition coefficient (Wildman–Crippen LogP) is 10.2. The van der Waals surface area contributed by atoms with Gasteiger partial charge >= 0.3 is 23.9 Å². The molecule has 420 valence electrons. The summed E-state index contributed by atoms with van der Waals surface area (Å²) in [6.45, 7) is 8.11. The Morgan fingerprint density at radius 3 is 0.753 bits per heavy atom. The molecule has 0 aliphatic carbocycles. The Kier molecular flexibility index (Phi) is 41.8. The second-order valence-corrected chi connectivity index (χ2v) is 19.1. The zero-order valence-electron chi connectivity index (χ0n) is 42.7. The average Bonchev–Trinajstić information content (AvgIpc) is 3.48. The molecule has 0 unspecified atom stereocenters. The maximum absolute atomic E-state index is 12.0. The van der Waals surface area contributed by atoms with Gasteiger partial charge in [0.1, 0.15) is 0 Å². The van der Waals surface area contributed by atoms with E-state index in [2.05, 4.69) is 0 Å². The van der Waals surface area contributed by atoms with Crippen molar-refractivity contribution in [1.82, 2.24) is 19.6 Å². The van der Waals surface area contributed by atoms with Crippen LogP contribution >= 0.6 is 0 Å². The van der Waals surface area contributed by atoms with E-state index in [4.69, 9.17) is 18.9 Å². The van der Waals surface area contributed by atoms with Gasteiger partial charge in [-0.1, -0.05) is 67.2 Å². The molecule has 4 rings (SSSR count). The molecule has 0 atom stereocenters. The smallest absolute Gasteiger partial charge is 0.331 e. The highest BCUT2D eigenvalue weighted by molar-refractivity contribution is 5.92. The second kappa shape index (κ2) is 44.7. The van der Waals surface area contributed by atoms with Gasteiger partial charge in [0.05, 0.1) is 26.4 Å². The molecule has 4 amide bonds. The number of carbonyl (C=O) groups is 8. The van der Waals surface area contributed by atoms with Crippen molar-refractivity contribution in [1.29, 1.82) is 0 Å². The number of nitrogens with zero attached hydrogens (tertiary/aromatic N) is 4. The molecule has 4 heterocycles. The highest BCUT2D eigenvalue weighted by Gasteiger charge is 2.20. The van der Waals surface area contributed by atoms with Crippen molar-refractivity contribution in [2.75, 3.05) is 78.8 Å². The molecule has 4 saturated heterocycles. The molecule has 0 saturated carbocycles. The summed E-state index contributed by atoms with van der Waals surface area (Å²) in [5, 5.41) is 0. The lowest BCUT2D eigenvalue weighted by Crippen LogP contribution is -2.31. The molecular formula is C57H100N4O12. The van der Waals surface area contributed by atoms with E-state index >= 15 is 0 Å². The van der Waals surface area contributed by atoms with Crippen LogP contribution in [0.5, 0.6) is 0 Å². The summed E-state index contributed by atoms with van der Waals surface area (Å²) in [6, 6.07) is 0. The number of carbonyl (C=O) groups excluding carboxylic acids is 8. The fourth-order valence-corrected chi connectivity index (χ4v) is 8.95. The molecule has 0 aromatic rings. The number of likely N-dealkylation sites (tertiary alicyclic amines) is 4. The lowest BCUT2D eigenvalue weighted by atomic mass is 10.2. The molecule has 16 nitrogen and oxygen atoms in total. The van der Waals surface area contributed by atoms with Crippen molar-refractivity contribution in [3.05, 3.63) is 24.3 Å². The van der Waals surface area contributed by atoms with E-state index in [-0.39, 0.29) is 45.9 Å². The minimum absolute atomic E-state index is 0. The normalized spacial score (nSPS) is 16.3. The number of hydrogen-bond donors (Lipinski definition) is 0. The van der Waals surface area contributed by atoms with E-state index in [9.17, 15) is 38.4 Å². The number of esters is 4. The Hall–Kier alpha value is -4.76. The Morgan fingerprint density at radius 1 is 0.301 bits per heavy atom. The largest absolute Gasteiger partial charge is 0.463 e. The number of amides is 4. The van der Waals surface area contributed by atoms with Gasteiger partial charge in [0.2, 0.25) is 23.6 Å². The zero-order chi connectivity index (χ0) is 50.3. The lowest BCUT2D eigenvalue weighted by Gasteiger charge is -2.20. The quantitative estimate of drug-likeness (QED) is 0.0269. The monoisotopic (exact) mass is 1030 g/mol. The van der Waals surface area contributed by atoms with Crippen LogP contribution in [0.1, 0.15) is 215 Å². The molecule has 0 radical (unpaired) electrons. The van der Waals surface area contributed by atoms with Gasteiger partial charge in [-0.15, -0.1) is 0 Å². The van der Waals surface area contributed by atoms with Gasteiger partial charge in [0, 0.05) is 102 Å². The van der Waals surface area contributed by atoms with Crippen LogP contribution in [-0.4, -0.2) is 146 Å². The summed E-state index contributed by atoms with van der Waals surface area (Å²) < 4.78 is 20.5. The number of ether oxygens (including phenoxy) is 4. The zero-order valence-corrected chi connectivity index (χ0v) is 42.7. The molecule has 4 fully saturated rings. The van der Waals surface area contributed by atoms with Crippen molar-refractivity contribution in [2.45, 2.75) is 215 Å². The van der Waals surface area contributed by atoms with Gasteiger partial charge in [0.25, 0.3) is 0 Å². The Bertz CT molecular complexity index is 1560. The summed E-state index contributed by atoms with van der Waals surface area (Å²) in [5.41, 5.74) is 0. The molecule has 0 spiro atoms. The fourth-order valence-electron chi connectivity index (χ4n) is 8.95. The van der Waals surface area contributed by atoms with Crippen LogP contribution in [0.15, 0.2) is 24.3 Å². The van der Waals surface area contributed by atoms with Crippen molar-refractivity contribution in [2.24, 2.45) is 0 Å². The molecule has 4 aliphatic rings. The second-order valence-electron chi connectivity index (χ2n) is 19.1. The Balaban J connectivity index is 0.00000137. The minimum atomic E-state index is -0.539. The molecule has 0 aromatic carbocycles. The highest BCUT2D eigenvalue weighted by Crippen LogP contribution is 2.16. The maximum atomic E-state index is 12.0. The standard InChI is InChI=1S/C28H46N2O6.C26H42N2O6.3CH4/c31-25-15-7-5-11-21-29(25)19-9-1-3-13-23-35-27(33)17-18-28(34)36-24-14-4-2-10-20-30-22-12-6-8-16-26(30)32;29-23-13-6-5-9-19-27(23)17-7-1-3-10-21-33-25(31)15-16-26(32)34-22-11-4-2-8-18-28-20-12-14-24(28)30;;;/h17-18H,1-16,19-24H2;15-16H,1-14,17-22H2;3*1H4. The van der Waals surface area contributed by atoms with Gasteiger partial charge in [-0.2, -0.15) is 0 Å². The first kappa shape index (κ1) is 68.2. The van der Waals surface area contributed by atoms with E-state index < -0.39 is 23.9 Å². The van der Waals surface area contributed by atoms with Crippen LogP contribution in [0, 0.1) is 0 Å². The summed E-state index contributed by atoms with van der Waals surface area (Å²) in [7, 11) is 0. The first-order valence-electron chi connectivity index (χ1n) is 27.3. The number of hydrogen-bond acceptors (Lipinski definition) is 12. The SMILES string of the molecule is C.C.C.O=C(C=CC(=O)OCCCCCCN1CCCC1=O)OCCCCCCN1CCCCCC1=O.O=C(C=CC(=O)OCCCCCCN1CCCCCC1=O)OCCCCCCN1CCCCCC1=O. The van der Waals surface area contributed by atoms with E-state index in [0.717, 1.165) is 244 Å². The minimum Gasteiger partial charge on any atom is -0.463 e. The van der Waals surface area contributed by atoms with Crippen LogP contribution in [0.2, 0.25) is 0 Å². The predicted molar refractivity (Wildman–Crippen MR) is 287 cm³/mol. The summed E-state index contributed by atoms with van der Waals surface area (Å²) in [4.78, 5) is 102. The summed E-state index contributed by atoms with van der Waals surface area (Å²) in [6.07, 6.45) is 32.7. The van der Waals surface area contributed by atoms with Crippen LogP contribution in [0.4, 0.5) is 0 Å². The average molecular weight is 1030 g/mol. The van der Waals surface area contributed by atoms with E-state index in [1.54, 1.807) is 0 Å². The third-order valence-electron chi connectivity index (χ3n) is 13.2. The highest BCUT2D eigenvalue weighted by atomic mass is 16.5. The van der Waals surface area contributed by atoms with Gasteiger partial charge in [-0.25, -0.2) is 19.2 Å². The summed E-state index contributed by atoms with van der Waals surface area (Å²) >= 11 is 0. The Morgan fingerprint density at radius 2 is 0.521 bits per heavy atom. The lowest BCUT2D eigenvalue weighted by molar-refractivity contribution is -0.140. The van der Waals surface area contributed by atoms with Crippen molar-refractivity contribution >= 4 is 47.5 Å². The molecule has 0 aromatic heterocycles. The van der Waals surface area contributed by atoms with Gasteiger partial charge in [0.15, 0.2) is 0 Å². The van der Waals surface area contributed by atoms with E-state index in [1.807, 2.05) is 19.6 Å². The van der Waals surface area contributed by atoms with Gasteiger partial charge in [-0.3, -0.25) is 19.2 Å². The van der Waals surface area contributed by atoms with Crippen LogP contribution in [0.3, 0.4) is 0 Å². The molecule has 16 heteroatoms. The van der Waals surface area contributed by atoms with E-state index in [0.29, 0.717) is 52.1 Å².